The molecule has 2 saturated carbocycles. The first-order valence-electron chi connectivity index (χ1n) is 10.2. The fraction of sp³-hybridized carbons (Fsp3) is 0.217. The maximum absolute atomic E-state index is 14.5. The number of hydrogen-bond donors (Lipinski definition) is 2. The molecule has 2 aromatic carbocycles. The summed E-state index contributed by atoms with van der Waals surface area (Å²) in [6, 6.07) is 10.6. The van der Waals surface area contributed by atoms with Crippen molar-refractivity contribution in [2.75, 3.05) is 5.32 Å². The largest absolute Gasteiger partial charge is 0.336 e. The number of aromatic nitrogens is 2. The Morgan fingerprint density at radius 1 is 1.21 bits per heavy atom. The zero-order valence-electron chi connectivity index (χ0n) is 16.8. The Hall–Kier alpha value is -4.13. The predicted octanol–water partition coefficient (Wildman–Crippen LogP) is 2.68. The molecule has 10 heteroatoms. The molecule has 2 aliphatic carbocycles. The molecule has 3 aromatic rings. The first kappa shape index (κ1) is 19.5. The summed E-state index contributed by atoms with van der Waals surface area (Å²) in [6.07, 6.45) is 1.06. The molecule has 7 nitrogen and oxygen atoms in total. The van der Waals surface area contributed by atoms with Gasteiger partial charge in [0.15, 0.2) is 11.5 Å². The van der Waals surface area contributed by atoms with Crippen LogP contribution in [0, 0.1) is 40.6 Å². The van der Waals surface area contributed by atoms with E-state index in [1.807, 2.05) is 6.07 Å². The number of nitrogens with zero attached hydrogens (tertiary/aromatic N) is 3. The molecule has 0 radical (unpaired) electrons. The molecule has 2 fully saturated rings. The van der Waals surface area contributed by atoms with Gasteiger partial charge in [-0.2, -0.15) is 10.4 Å². The average molecular weight is 449 g/mol. The summed E-state index contributed by atoms with van der Waals surface area (Å²) < 4.78 is 43.6. The van der Waals surface area contributed by atoms with E-state index in [-0.39, 0.29) is 30.0 Å². The van der Waals surface area contributed by atoms with Gasteiger partial charge in [-0.1, -0.05) is 12.1 Å². The van der Waals surface area contributed by atoms with Crippen molar-refractivity contribution in [2.45, 2.75) is 18.0 Å². The highest BCUT2D eigenvalue weighted by Crippen LogP contribution is 2.81. The number of nitrogens with one attached hydrogen (secondary N) is 2. The first-order valence-corrected chi connectivity index (χ1v) is 10.2. The van der Waals surface area contributed by atoms with Crippen LogP contribution in [0.1, 0.15) is 33.1 Å². The molecule has 33 heavy (non-hydrogen) atoms. The number of carbonyl (C=O) groups is 2. The topological polar surface area (TPSA) is 99.8 Å². The molecule has 164 valence electrons. The van der Waals surface area contributed by atoms with E-state index in [0.717, 1.165) is 6.20 Å². The van der Waals surface area contributed by atoms with Crippen LogP contribution in [0.4, 0.5) is 18.9 Å². The number of anilines is 1. The summed E-state index contributed by atoms with van der Waals surface area (Å²) in [5.41, 5.74) is -0.340. The number of fused-ring (bicyclic) bond motifs is 4. The van der Waals surface area contributed by atoms with Crippen LogP contribution in [0.5, 0.6) is 0 Å². The molecule has 1 aromatic heterocycles. The van der Waals surface area contributed by atoms with Gasteiger partial charge < -0.3 is 10.6 Å². The van der Waals surface area contributed by atoms with Crippen molar-refractivity contribution in [2.24, 2.45) is 11.8 Å². The van der Waals surface area contributed by atoms with Gasteiger partial charge in [-0.15, -0.1) is 0 Å². The summed E-state index contributed by atoms with van der Waals surface area (Å²) >= 11 is 0. The lowest BCUT2D eigenvalue weighted by molar-refractivity contribution is -0.120. The van der Waals surface area contributed by atoms with Crippen molar-refractivity contribution in [3.63, 3.8) is 0 Å². The van der Waals surface area contributed by atoms with Gasteiger partial charge in [0.25, 0.3) is 11.8 Å². The lowest BCUT2D eigenvalue weighted by atomic mass is 9.92. The minimum Gasteiger partial charge on any atom is -0.336 e. The highest BCUT2D eigenvalue weighted by molar-refractivity contribution is 6.10. The van der Waals surface area contributed by atoms with Crippen LogP contribution < -0.4 is 10.6 Å². The Morgan fingerprint density at radius 3 is 2.76 bits per heavy atom. The van der Waals surface area contributed by atoms with E-state index >= 15 is 0 Å². The summed E-state index contributed by atoms with van der Waals surface area (Å²) in [7, 11) is 0. The molecule has 0 saturated heterocycles. The Bertz CT molecular complexity index is 1420. The van der Waals surface area contributed by atoms with E-state index in [4.69, 9.17) is 5.26 Å². The number of hydrogen-bond acceptors (Lipinski definition) is 4. The Morgan fingerprint density at radius 2 is 2.00 bits per heavy atom. The minimum absolute atomic E-state index is 0.0809. The number of nitriles is 1. The van der Waals surface area contributed by atoms with E-state index in [1.54, 1.807) is 24.3 Å². The summed E-state index contributed by atoms with van der Waals surface area (Å²) in [6.45, 7) is 0.138. The minimum atomic E-state index is -1.29. The molecule has 2 heterocycles. The maximum atomic E-state index is 14.5. The maximum Gasteiger partial charge on any atom is 0.275 e. The summed E-state index contributed by atoms with van der Waals surface area (Å²) in [5.74, 6) is -4.81. The van der Waals surface area contributed by atoms with Crippen molar-refractivity contribution in [3.8, 4) is 6.07 Å². The second-order valence-electron chi connectivity index (χ2n) is 8.54. The molecule has 0 spiro atoms. The fourth-order valence-electron chi connectivity index (χ4n) is 5.12. The summed E-state index contributed by atoms with van der Waals surface area (Å²) in [5, 5.41) is 18.0. The average Bonchev–Trinajstić information content (AvgIpc) is 3.65. The SMILES string of the molecule is N#Cc1cccc(Cn2cc(F)c(C(=O)N[C@@]34C(=O)Nc5c(F)cc(F)cc5[C@@H]5C3[C@@H]54)n2)c1. The monoisotopic (exact) mass is 449 g/mol. The van der Waals surface area contributed by atoms with Crippen LogP contribution in [-0.2, 0) is 11.3 Å². The second kappa shape index (κ2) is 6.45. The normalized spacial score (nSPS) is 25.8. The number of amides is 2. The van der Waals surface area contributed by atoms with E-state index in [9.17, 15) is 22.8 Å². The number of benzene rings is 2. The molecule has 2 amide bonds. The molecule has 6 rings (SSSR count). The van der Waals surface area contributed by atoms with Gasteiger partial charge in [0.2, 0.25) is 0 Å². The smallest absolute Gasteiger partial charge is 0.275 e. The van der Waals surface area contributed by atoms with Gasteiger partial charge in [0, 0.05) is 17.9 Å². The van der Waals surface area contributed by atoms with Crippen LogP contribution in [-0.4, -0.2) is 27.1 Å². The molecule has 0 bridgehead atoms. The summed E-state index contributed by atoms with van der Waals surface area (Å²) in [4.78, 5) is 25.6. The molecular formula is C23H14F3N5O2. The third-order valence-corrected chi connectivity index (χ3v) is 6.67. The Balaban J connectivity index is 1.22. The molecule has 1 unspecified atom stereocenters. The quantitative estimate of drug-likeness (QED) is 0.640. The van der Waals surface area contributed by atoms with Gasteiger partial charge in [-0.3, -0.25) is 14.3 Å². The van der Waals surface area contributed by atoms with Crippen LogP contribution in [0.25, 0.3) is 0 Å². The number of carbonyl (C=O) groups excluding carboxylic acids is 2. The van der Waals surface area contributed by atoms with Gasteiger partial charge in [-0.25, -0.2) is 13.2 Å². The van der Waals surface area contributed by atoms with E-state index in [2.05, 4.69) is 15.7 Å². The van der Waals surface area contributed by atoms with Crippen LogP contribution in [0.3, 0.4) is 0 Å². The molecule has 4 atom stereocenters. The second-order valence-corrected chi connectivity index (χ2v) is 8.54. The van der Waals surface area contributed by atoms with E-state index in [1.165, 1.54) is 10.7 Å². The fourth-order valence-corrected chi connectivity index (χ4v) is 5.12. The van der Waals surface area contributed by atoms with Crippen molar-refractivity contribution >= 4 is 17.5 Å². The number of rotatable bonds is 4. The van der Waals surface area contributed by atoms with Gasteiger partial charge in [0.1, 0.15) is 17.2 Å². The third kappa shape index (κ3) is 2.72. The zero-order chi connectivity index (χ0) is 23.1. The lowest BCUT2D eigenvalue weighted by Crippen LogP contribution is -2.52. The van der Waals surface area contributed by atoms with Gasteiger partial charge >= 0.3 is 0 Å². The highest BCUT2D eigenvalue weighted by atomic mass is 19.1. The lowest BCUT2D eigenvalue weighted by Gasteiger charge is -2.23. The molecule has 3 aliphatic rings. The van der Waals surface area contributed by atoms with Crippen molar-refractivity contribution in [3.05, 3.63) is 82.4 Å². The standard InChI is InChI=1S/C23H14F3N5O2/c24-12-5-13-16-17-18(16)23(17,22(33)28-19(13)14(25)6-12)29-21(32)20-15(26)9-31(30-20)8-11-3-1-2-10(4-11)7-27/h1-6,9,16-18H,8H2,(H,28,33)(H,29,32)/t16-,17+,18?,23+/m0/s1. The zero-order valence-corrected chi connectivity index (χ0v) is 16.8. The predicted molar refractivity (Wildman–Crippen MR) is 107 cm³/mol. The third-order valence-electron chi connectivity index (χ3n) is 6.67. The van der Waals surface area contributed by atoms with Gasteiger partial charge in [0.05, 0.1) is 30.1 Å². The van der Waals surface area contributed by atoms with Crippen LogP contribution in [0.2, 0.25) is 0 Å². The Labute approximate surface area is 184 Å². The highest BCUT2D eigenvalue weighted by Gasteiger charge is 2.89. The van der Waals surface area contributed by atoms with Crippen LogP contribution in [0.15, 0.2) is 42.6 Å². The molecular weight excluding hydrogens is 435 g/mol. The molecule has 2 N–H and O–H groups in total. The van der Waals surface area contributed by atoms with Gasteiger partial charge in [-0.05, 0) is 35.2 Å². The molecule has 1 aliphatic heterocycles. The van der Waals surface area contributed by atoms with Crippen molar-refractivity contribution in [1.82, 2.24) is 15.1 Å². The Kier molecular flexibility index (Phi) is 3.82. The van der Waals surface area contributed by atoms with E-state index < -0.39 is 40.5 Å². The van der Waals surface area contributed by atoms with Crippen molar-refractivity contribution < 1.29 is 22.8 Å². The van der Waals surface area contributed by atoms with E-state index in [0.29, 0.717) is 22.8 Å². The first-order chi connectivity index (χ1) is 15.8. The number of halogens is 3. The van der Waals surface area contributed by atoms with Crippen molar-refractivity contribution in [1.29, 1.82) is 5.26 Å². The van der Waals surface area contributed by atoms with Crippen LogP contribution >= 0.6 is 0 Å².